The van der Waals surface area contributed by atoms with Crippen molar-refractivity contribution >= 4 is 29.3 Å². The third-order valence-electron chi connectivity index (χ3n) is 5.08. The van der Waals surface area contributed by atoms with Gasteiger partial charge in [-0.1, -0.05) is 54.8 Å². The van der Waals surface area contributed by atoms with Crippen LogP contribution in [0.5, 0.6) is 0 Å². The summed E-state index contributed by atoms with van der Waals surface area (Å²) in [5, 5.41) is 13.1. The van der Waals surface area contributed by atoms with Crippen LogP contribution in [0.1, 0.15) is 43.7 Å². The van der Waals surface area contributed by atoms with Crippen molar-refractivity contribution < 1.29 is 9.21 Å². The summed E-state index contributed by atoms with van der Waals surface area (Å²) < 4.78 is 7.73. The molecule has 0 aliphatic heterocycles. The third-order valence-corrected chi connectivity index (χ3v) is 6.28. The second-order valence-electron chi connectivity index (χ2n) is 7.14. The van der Waals surface area contributed by atoms with E-state index in [4.69, 9.17) is 16.0 Å². The molecule has 6 nitrogen and oxygen atoms in total. The van der Waals surface area contributed by atoms with Gasteiger partial charge in [0.2, 0.25) is 11.7 Å². The van der Waals surface area contributed by atoms with E-state index in [9.17, 15) is 4.79 Å². The fourth-order valence-electron chi connectivity index (χ4n) is 3.60. The molecule has 1 fully saturated rings. The van der Waals surface area contributed by atoms with E-state index in [-0.39, 0.29) is 11.7 Å². The number of rotatable bonds is 7. The minimum atomic E-state index is -0.0392. The highest BCUT2D eigenvalue weighted by Crippen LogP contribution is 2.35. The third kappa shape index (κ3) is 5.03. The molecule has 1 saturated carbocycles. The Labute approximate surface area is 179 Å². The van der Waals surface area contributed by atoms with Crippen LogP contribution in [0.25, 0.3) is 11.6 Å². The summed E-state index contributed by atoms with van der Waals surface area (Å²) in [5.74, 6) is 1.70. The predicted molar refractivity (Wildman–Crippen MR) is 114 cm³/mol. The van der Waals surface area contributed by atoms with Gasteiger partial charge in [0.1, 0.15) is 0 Å². The van der Waals surface area contributed by atoms with Crippen molar-refractivity contribution in [3.63, 3.8) is 0 Å². The molecule has 0 unspecified atom stereocenters. The van der Waals surface area contributed by atoms with E-state index in [2.05, 4.69) is 20.1 Å². The number of carbonyl (C=O) groups is 1. The number of carbonyl (C=O) groups excluding carboxylic acids is 1. The average molecular weight is 431 g/mol. The van der Waals surface area contributed by atoms with E-state index >= 15 is 0 Å². The van der Waals surface area contributed by atoms with Gasteiger partial charge in [0, 0.05) is 17.6 Å². The molecule has 1 N–H and O–H groups in total. The van der Waals surface area contributed by atoms with Gasteiger partial charge in [-0.25, -0.2) is 0 Å². The highest BCUT2D eigenvalue weighted by atomic mass is 35.5. The lowest BCUT2D eigenvalue weighted by Gasteiger charge is -2.25. The van der Waals surface area contributed by atoms with Crippen molar-refractivity contribution in [2.75, 3.05) is 5.75 Å². The minimum Gasteiger partial charge on any atom is -0.461 e. The first-order valence-electron chi connectivity index (χ1n) is 9.83. The molecule has 0 radical (unpaired) electrons. The van der Waals surface area contributed by atoms with Crippen LogP contribution in [0.2, 0.25) is 5.02 Å². The van der Waals surface area contributed by atoms with Gasteiger partial charge in [0.15, 0.2) is 10.9 Å². The number of amides is 1. The van der Waals surface area contributed by atoms with Crippen LogP contribution >= 0.6 is 23.4 Å². The maximum atomic E-state index is 12.3. The van der Waals surface area contributed by atoms with Crippen LogP contribution in [0, 0.1) is 0 Å². The maximum absolute atomic E-state index is 12.3. The molecule has 29 heavy (non-hydrogen) atoms. The van der Waals surface area contributed by atoms with Crippen molar-refractivity contribution in [2.45, 2.75) is 49.8 Å². The van der Waals surface area contributed by atoms with Crippen LogP contribution < -0.4 is 5.32 Å². The summed E-state index contributed by atoms with van der Waals surface area (Å²) in [4.78, 5) is 12.3. The van der Waals surface area contributed by atoms with E-state index in [1.807, 2.05) is 36.4 Å². The normalized spacial score (nSPS) is 14.8. The van der Waals surface area contributed by atoms with Gasteiger partial charge in [-0.2, -0.15) is 0 Å². The van der Waals surface area contributed by atoms with Crippen molar-refractivity contribution in [1.29, 1.82) is 0 Å². The van der Waals surface area contributed by atoms with Gasteiger partial charge < -0.3 is 9.73 Å². The number of nitrogens with zero attached hydrogens (tertiary/aromatic N) is 3. The molecule has 1 aliphatic carbocycles. The number of hydrogen-bond donors (Lipinski definition) is 1. The molecule has 2 heterocycles. The predicted octanol–water partition coefficient (Wildman–Crippen LogP) is 5.11. The largest absolute Gasteiger partial charge is 0.461 e. The van der Waals surface area contributed by atoms with Crippen molar-refractivity contribution in [2.24, 2.45) is 0 Å². The average Bonchev–Trinajstić information content (AvgIpc) is 3.42. The van der Waals surface area contributed by atoms with Crippen molar-refractivity contribution in [3.05, 3.63) is 53.2 Å². The number of halogens is 1. The molecule has 0 bridgehead atoms. The molecule has 2 aromatic heterocycles. The second-order valence-corrected chi connectivity index (χ2v) is 8.52. The lowest BCUT2D eigenvalue weighted by atomic mass is 9.95. The standard InChI is InChI=1S/C21H23ClN4O2S/c22-16-10-8-15(9-11-16)13-23-19(27)14-29-21-25-24-20(18-7-4-12-28-18)26(21)17-5-2-1-3-6-17/h4,7-12,17H,1-3,5-6,13-14H2,(H,23,27). The van der Waals surface area contributed by atoms with Crippen LogP contribution in [-0.4, -0.2) is 26.4 Å². The number of benzene rings is 1. The summed E-state index contributed by atoms with van der Waals surface area (Å²) in [5.41, 5.74) is 1.01. The SMILES string of the molecule is O=C(CSc1nnc(-c2ccco2)n1C1CCCCC1)NCc1ccc(Cl)cc1. The molecule has 1 aliphatic rings. The second kappa shape index (κ2) is 9.50. The molecule has 8 heteroatoms. The Balaban J connectivity index is 1.42. The van der Waals surface area contributed by atoms with Crippen LogP contribution in [0.3, 0.4) is 0 Å². The van der Waals surface area contributed by atoms with Crippen molar-refractivity contribution in [1.82, 2.24) is 20.1 Å². The molecule has 1 amide bonds. The molecule has 1 aromatic carbocycles. The van der Waals surface area contributed by atoms with E-state index < -0.39 is 0 Å². The van der Waals surface area contributed by atoms with Crippen LogP contribution in [0.15, 0.2) is 52.2 Å². The zero-order chi connectivity index (χ0) is 20.1. The number of furan rings is 1. The fraction of sp³-hybridized carbons (Fsp3) is 0.381. The van der Waals surface area contributed by atoms with E-state index in [0.29, 0.717) is 23.4 Å². The summed E-state index contributed by atoms with van der Waals surface area (Å²) in [7, 11) is 0. The Bertz CT molecular complexity index is 934. The van der Waals surface area contributed by atoms with Gasteiger partial charge in [0.25, 0.3) is 0 Å². The molecule has 3 aromatic rings. The zero-order valence-electron chi connectivity index (χ0n) is 16.0. The molecule has 0 saturated heterocycles. The minimum absolute atomic E-state index is 0.0392. The number of thioether (sulfide) groups is 1. The van der Waals surface area contributed by atoms with E-state index in [1.54, 1.807) is 6.26 Å². The highest BCUT2D eigenvalue weighted by Gasteiger charge is 2.25. The summed E-state index contributed by atoms with van der Waals surface area (Å²) in [6.45, 7) is 0.476. The first-order valence-corrected chi connectivity index (χ1v) is 11.2. The van der Waals surface area contributed by atoms with Gasteiger partial charge in [-0.15, -0.1) is 10.2 Å². The number of nitrogens with one attached hydrogen (secondary N) is 1. The Morgan fingerprint density at radius 1 is 1.17 bits per heavy atom. The molecule has 4 rings (SSSR count). The number of hydrogen-bond acceptors (Lipinski definition) is 5. The Morgan fingerprint density at radius 3 is 2.69 bits per heavy atom. The Kier molecular flexibility index (Phi) is 6.56. The topological polar surface area (TPSA) is 73.0 Å². The maximum Gasteiger partial charge on any atom is 0.230 e. The lowest BCUT2D eigenvalue weighted by Crippen LogP contribution is -2.25. The van der Waals surface area contributed by atoms with Crippen molar-refractivity contribution in [3.8, 4) is 11.6 Å². The molecular formula is C21H23ClN4O2S. The van der Waals surface area contributed by atoms with E-state index in [1.165, 1.54) is 31.0 Å². The Hall–Kier alpha value is -2.25. The fourth-order valence-corrected chi connectivity index (χ4v) is 4.56. The monoisotopic (exact) mass is 430 g/mol. The van der Waals surface area contributed by atoms with E-state index in [0.717, 1.165) is 29.4 Å². The quantitative estimate of drug-likeness (QED) is 0.527. The number of aromatic nitrogens is 3. The molecular weight excluding hydrogens is 408 g/mol. The molecule has 0 atom stereocenters. The van der Waals surface area contributed by atoms with Gasteiger partial charge in [0.05, 0.1) is 12.0 Å². The van der Waals surface area contributed by atoms with Crippen LogP contribution in [-0.2, 0) is 11.3 Å². The summed E-state index contributed by atoms with van der Waals surface area (Å²) >= 11 is 7.32. The summed E-state index contributed by atoms with van der Waals surface area (Å²) in [6.07, 6.45) is 7.51. The van der Waals surface area contributed by atoms with Gasteiger partial charge in [-0.05, 0) is 42.7 Å². The highest BCUT2D eigenvalue weighted by molar-refractivity contribution is 7.99. The van der Waals surface area contributed by atoms with Gasteiger partial charge in [-0.3, -0.25) is 9.36 Å². The van der Waals surface area contributed by atoms with Gasteiger partial charge >= 0.3 is 0 Å². The molecule has 0 spiro atoms. The zero-order valence-corrected chi connectivity index (χ0v) is 17.6. The lowest BCUT2D eigenvalue weighted by molar-refractivity contribution is -0.118. The smallest absolute Gasteiger partial charge is 0.230 e. The van der Waals surface area contributed by atoms with Crippen LogP contribution in [0.4, 0.5) is 0 Å². The molecule has 152 valence electrons. The Morgan fingerprint density at radius 2 is 1.97 bits per heavy atom. The first kappa shape index (κ1) is 20.0. The first-order chi connectivity index (χ1) is 14.2. The summed E-state index contributed by atoms with van der Waals surface area (Å²) in [6, 6.07) is 11.6.